The highest BCUT2D eigenvalue weighted by atomic mass is 127. The van der Waals surface area contributed by atoms with Crippen molar-refractivity contribution in [2.75, 3.05) is 6.54 Å². The highest BCUT2D eigenvalue weighted by molar-refractivity contribution is 14.1. The number of fused-ring (bicyclic) bond motifs is 1. The van der Waals surface area contributed by atoms with Crippen LogP contribution >= 0.6 is 22.6 Å². The predicted octanol–water partition coefficient (Wildman–Crippen LogP) is 1.86. The van der Waals surface area contributed by atoms with Crippen molar-refractivity contribution < 1.29 is 4.79 Å². The molecule has 3 heterocycles. The Morgan fingerprint density at radius 3 is 2.62 bits per heavy atom. The fourth-order valence-electron chi connectivity index (χ4n) is 2.72. The molecule has 0 aliphatic carbocycles. The van der Waals surface area contributed by atoms with Crippen LogP contribution in [0.15, 0.2) is 42.7 Å². The van der Waals surface area contributed by atoms with Crippen molar-refractivity contribution in [2.24, 2.45) is 0 Å². The van der Waals surface area contributed by atoms with E-state index >= 15 is 0 Å². The number of carbonyl (C=O) groups excluding carboxylic acids is 1. The van der Waals surface area contributed by atoms with Crippen LogP contribution in [0.3, 0.4) is 0 Å². The van der Waals surface area contributed by atoms with Gasteiger partial charge < -0.3 is 4.90 Å². The Morgan fingerprint density at radius 1 is 1.12 bits per heavy atom. The summed E-state index contributed by atoms with van der Waals surface area (Å²) in [5.41, 5.74) is 2.46. The van der Waals surface area contributed by atoms with Gasteiger partial charge >= 0.3 is 0 Å². The van der Waals surface area contributed by atoms with E-state index in [4.69, 9.17) is 0 Å². The number of rotatable bonds is 2. The molecule has 0 radical (unpaired) electrons. The Balaban J connectivity index is 1.58. The average Bonchev–Trinajstić information content (AvgIpc) is 3.05. The summed E-state index contributed by atoms with van der Waals surface area (Å²) in [6.45, 7) is 1.07. The molecular weight excluding hydrogens is 419 g/mol. The fourth-order valence-corrected chi connectivity index (χ4v) is 3.08. The van der Waals surface area contributed by atoms with Crippen LogP contribution in [-0.4, -0.2) is 42.3 Å². The number of hydrogen-bond acceptors (Lipinski definition) is 5. The lowest BCUT2D eigenvalue weighted by atomic mass is 10.1. The normalized spacial score (nSPS) is 13.6. The summed E-state index contributed by atoms with van der Waals surface area (Å²) >= 11 is 2.23. The van der Waals surface area contributed by atoms with Crippen LogP contribution in [0.1, 0.15) is 21.7 Å². The molecule has 1 amide bonds. The molecule has 8 heteroatoms. The molecule has 0 saturated carbocycles. The molecule has 0 unspecified atom stereocenters. The van der Waals surface area contributed by atoms with Crippen LogP contribution in [-0.2, 0) is 13.0 Å². The highest BCUT2D eigenvalue weighted by Gasteiger charge is 2.27. The zero-order chi connectivity index (χ0) is 16.5. The summed E-state index contributed by atoms with van der Waals surface area (Å²) in [5.74, 6) is 0.520. The first-order chi connectivity index (χ1) is 11.7. The summed E-state index contributed by atoms with van der Waals surface area (Å²) in [6, 6.07) is 9.34. The van der Waals surface area contributed by atoms with Gasteiger partial charge in [0.05, 0.1) is 12.2 Å². The third kappa shape index (κ3) is 2.77. The zero-order valence-electron chi connectivity index (χ0n) is 12.6. The van der Waals surface area contributed by atoms with Crippen molar-refractivity contribution in [3.05, 3.63) is 63.2 Å². The minimum absolute atomic E-state index is 0.0163. The first kappa shape index (κ1) is 15.2. The summed E-state index contributed by atoms with van der Waals surface area (Å²) in [6.07, 6.45) is 4.02. The zero-order valence-corrected chi connectivity index (χ0v) is 14.8. The Labute approximate surface area is 151 Å². The van der Waals surface area contributed by atoms with Gasteiger partial charge in [-0.25, -0.2) is 9.97 Å². The van der Waals surface area contributed by atoms with E-state index in [0.717, 1.165) is 15.0 Å². The molecule has 7 nitrogen and oxygen atoms in total. The Hall–Kier alpha value is -2.36. The summed E-state index contributed by atoms with van der Waals surface area (Å²) in [5, 5.41) is 8.36. The molecule has 0 atom stereocenters. The smallest absolute Gasteiger partial charge is 0.254 e. The van der Waals surface area contributed by atoms with Crippen LogP contribution in [0.5, 0.6) is 0 Å². The molecule has 3 aromatic rings. The van der Waals surface area contributed by atoms with Crippen molar-refractivity contribution >= 4 is 28.5 Å². The van der Waals surface area contributed by atoms with Gasteiger partial charge in [0.15, 0.2) is 0 Å². The van der Waals surface area contributed by atoms with E-state index in [-0.39, 0.29) is 5.91 Å². The van der Waals surface area contributed by atoms with E-state index in [1.165, 1.54) is 0 Å². The molecule has 1 aliphatic heterocycles. The maximum Gasteiger partial charge on any atom is 0.254 e. The van der Waals surface area contributed by atoms with Gasteiger partial charge in [0.2, 0.25) is 0 Å². The largest absolute Gasteiger partial charge is 0.332 e. The molecule has 4 rings (SSSR count). The van der Waals surface area contributed by atoms with Gasteiger partial charge in [-0.3, -0.25) is 4.79 Å². The third-order valence-corrected chi connectivity index (χ3v) is 4.64. The SMILES string of the molecule is O=C(c1ccc(I)cc1)N1CCc2c(nnn2-c2ncccn2)C1. The minimum atomic E-state index is 0.0163. The lowest BCUT2D eigenvalue weighted by Crippen LogP contribution is -2.36. The van der Waals surface area contributed by atoms with Gasteiger partial charge in [-0.2, -0.15) is 4.68 Å². The van der Waals surface area contributed by atoms with Crippen LogP contribution in [0, 0.1) is 3.57 Å². The Kier molecular flexibility index (Phi) is 3.97. The number of carbonyl (C=O) groups is 1. The van der Waals surface area contributed by atoms with E-state index < -0.39 is 0 Å². The molecule has 0 N–H and O–H groups in total. The third-order valence-electron chi connectivity index (χ3n) is 3.92. The molecule has 120 valence electrons. The number of nitrogens with zero attached hydrogens (tertiary/aromatic N) is 6. The molecule has 0 spiro atoms. The van der Waals surface area contributed by atoms with E-state index in [1.54, 1.807) is 28.0 Å². The van der Waals surface area contributed by atoms with E-state index in [1.807, 2.05) is 24.3 Å². The summed E-state index contributed by atoms with van der Waals surface area (Å²) in [4.78, 5) is 22.9. The van der Waals surface area contributed by atoms with Crippen molar-refractivity contribution in [3.63, 3.8) is 0 Å². The average molecular weight is 432 g/mol. The fraction of sp³-hybridized carbons (Fsp3) is 0.188. The van der Waals surface area contributed by atoms with Gasteiger partial charge in [-0.1, -0.05) is 5.21 Å². The number of hydrogen-bond donors (Lipinski definition) is 0. The van der Waals surface area contributed by atoms with Crippen molar-refractivity contribution in [2.45, 2.75) is 13.0 Å². The lowest BCUT2D eigenvalue weighted by molar-refractivity contribution is 0.0731. The summed E-state index contributed by atoms with van der Waals surface area (Å²) < 4.78 is 2.76. The van der Waals surface area contributed by atoms with Crippen molar-refractivity contribution in [3.8, 4) is 5.95 Å². The number of aromatic nitrogens is 5. The van der Waals surface area contributed by atoms with E-state index in [2.05, 4.69) is 42.9 Å². The second-order valence-corrected chi connectivity index (χ2v) is 6.67. The molecule has 2 aromatic heterocycles. The molecule has 24 heavy (non-hydrogen) atoms. The van der Waals surface area contributed by atoms with Crippen LogP contribution < -0.4 is 0 Å². The molecule has 0 bridgehead atoms. The molecular formula is C16H13IN6O. The molecule has 0 fully saturated rings. The van der Waals surface area contributed by atoms with Gasteiger partial charge in [0.25, 0.3) is 11.9 Å². The number of benzene rings is 1. The van der Waals surface area contributed by atoms with E-state index in [9.17, 15) is 4.79 Å². The Morgan fingerprint density at radius 2 is 1.88 bits per heavy atom. The highest BCUT2D eigenvalue weighted by Crippen LogP contribution is 2.20. The van der Waals surface area contributed by atoms with Crippen LogP contribution in [0.25, 0.3) is 5.95 Å². The van der Waals surface area contributed by atoms with Gasteiger partial charge in [0.1, 0.15) is 5.69 Å². The second kappa shape index (κ2) is 6.27. The van der Waals surface area contributed by atoms with Crippen molar-refractivity contribution in [1.82, 2.24) is 29.9 Å². The van der Waals surface area contributed by atoms with E-state index in [0.29, 0.717) is 31.0 Å². The second-order valence-electron chi connectivity index (χ2n) is 5.43. The summed E-state index contributed by atoms with van der Waals surface area (Å²) in [7, 11) is 0. The van der Waals surface area contributed by atoms with Crippen LogP contribution in [0.2, 0.25) is 0 Å². The number of halogens is 1. The molecule has 1 aliphatic rings. The van der Waals surface area contributed by atoms with Crippen molar-refractivity contribution in [1.29, 1.82) is 0 Å². The maximum atomic E-state index is 12.6. The van der Waals surface area contributed by atoms with Crippen LogP contribution in [0.4, 0.5) is 0 Å². The first-order valence-corrected chi connectivity index (χ1v) is 8.56. The molecule has 1 aromatic carbocycles. The van der Waals surface area contributed by atoms with Gasteiger partial charge in [-0.15, -0.1) is 5.10 Å². The van der Waals surface area contributed by atoms with Gasteiger partial charge in [-0.05, 0) is 52.9 Å². The standard InChI is InChI=1S/C16H13IN6O/c17-12-4-2-11(3-5-12)15(24)22-9-6-14-13(10-22)20-21-23(14)16-18-7-1-8-19-16/h1-5,7-8H,6,9-10H2. The first-order valence-electron chi connectivity index (χ1n) is 7.48. The Bertz CT molecular complexity index is 877. The monoisotopic (exact) mass is 432 g/mol. The number of amides is 1. The van der Waals surface area contributed by atoms with Gasteiger partial charge in [0, 0.05) is 34.5 Å². The quantitative estimate of drug-likeness (QED) is 0.578. The lowest BCUT2D eigenvalue weighted by Gasteiger charge is -2.26. The maximum absolute atomic E-state index is 12.6. The minimum Gasteiger partial charge on any atom is -0.332 e. The predicted molar refractivity (Wildman–Crippen MR) is 94.6 cm³/mol. The molecule has 0 saturated heterocycles. The topological polar surface area (TPSA) is 76.8 Å².